The van der Waals surface area contributed by atoms with Gasteiger partial charge in [0.15, 0.2) is 0 Å². The second kappa shape index (κ2) is 11.2. The van der Waals surface area contributed by atoms with Gasteiger partial charge in [0, 0.05) is 6.08 Å². The molecule has 0 aromatic carbocycles. The first-order valence-electron chi connectivity index (χ1n) is 2.71. The Bertz CT molecular complexity index is 178. The van der Waals surface area contributed by atoms with E-state index in [0.29, 0.717) is 0 Å². The van der Waals surface area contributed by atoms with E-state index in [-0.39, 0.29) is 5.97 Å². The summed E-state index contributed by atoms with van der Waals surface area (Å²) in [4.78, 5) is 18.6. The summed E-state index contributed by atoms with van der Waals surface area (Å²) in [6.45, 7) is 4.95. The van der Waals surface area contributed by atoms with Gasteiger partial charge in [-0.25, -0.2) is 15.0 Å². The van der Waals surface area contributed by atoms with Crippen molar-refractivity contribution >= 4 is 12.0 Å². The van der Waals surface area contributed by atoms with Crippen LogP contribution in [0.4, 0.5) is 0 Å². The topological polar surface area (TPSA) is 67.2 Å². The van der Waals surface area contributed by atoms with Crippen LogP contribution < -0.4 is 0 Å². The zero-order valence-electron chi connectivity index (χ0n) is 6.16. The average molecular weight is 155 g/mol. The second-order valence-electron chi connectivity index (χ2n) is 1.21. The smallest absolute Gasteiger partial charge is 0.335 e. The maximum absolute atomic E-state index is 10.3. The van der Waals surface area contributed by atoms with E-state index in [4.69, 9.17) is 10.2 Å². The second-order valence-corrected chi connectivity index (χ2v) is 1.21. The van der Waals surface area contributed by atoms with Crippen LogP contribution in [0.3, 0.4) is 0 Å². The lowest BCUT2D eigenvalue weighted by Crippen LogP contribution is -1.91. The fraction of sp³-hybridized carbons (Fsp3) is 0.143. The Kier molecular flexibility index (Phi) is 12.2. The number of nitrogens with one attached hydrogen (secondary N) is 1. The van der Waals surface area contributed by atoms with Gasteiger partial charge in [-0.2, -0.15) is 0 Å². The molecule has 0 aliphatic heterocycles. The van der Waals surface area contributed by atoms with Crippen LogP contribution in [0.15, 0.2) is 25.0 Å². The summed E-state index contributed by atoms with van der Waals surface area (Å²) in [7, 11) is 0. The molecule has 11 heavy (non-hydrogen) atoms. The highest BCUT2D eigenvalue weighted by atomic mass is 16.5. The van der Waals surface area contributed by atoms with Crippen molar-refractivity contribution in [3.05, 3.63) is 25.0 Å². The van der Waals surface area contributed by atoms with Crippen LogP contribution in [0.5, 0.6) is 0 Å². The molecule has 0 amide bonds. The van der Waals surface area contributed by atoms with Gasteiger partial charge in [0.25, 0.3) is 0 Å². The molecule has 0 fully saturated rings. The predicted octanol–water partition coefficient (Wildman–Crippen LogP) is 1.15. The van der Waals surface area contributed by atoms with E-state index < -0.39 is 0 Å². The monoisotopic (exact) mass is 155 g/mol. The molecule has 0 saturated carbocycles. The maximum Gasteiger partial charge on any atom is 0.335 e. The molecule has 0 atom stereocenters. The molecule has 4 heteroatoms. The van der Waals surface area contributed by atoms with E-state index in [1.807, 2.05) is 0 Å². The zero-order valence-corrected chi connectivity index (χ0v) is 6.16. The van der Waals surface area contributed by atoms with Crippen LogP contribution >= 0.6 is 0 Å². The number of hydrogen-bond donors (Lipinski definition) is 1. The number of carbonyl (C=O) groups is 1. The van der Waals surface area contributed by atoms with Crippen molar-refractivity contribution in [2.75, 3.05) is 0 Å². The first-order chi connectivity index (χ1) is 5.22. The molecule has 0 bridgehead atoms. The third-order valence-corrected chi connectivity index (χ3v) is 0.502. The van der Waals surface area contributed by atoms with Gasteiger partial charge in [0.05, 0.1) is 6.26 Å². The Morgan fingerprint density at radius 1 is 1.73 bits per heavy atom. The minimum Gasteiger partial charge on any atom is -0.432 e. The largest absolute Gasteiger partial charge is 0.432 e. The van der Waals surface area contributed by atoms with Crippen LogP contribution in [-0.2, 0) is 14.3 Å². The quantitative estimate of drug-likeness (QED) is 0.214. The van der Waals surface area contributed by atoms with Crippen molar-refractivity contribution in [3.63, 3.8) is 0 Å². The van der Waals surface area contributed by atoms with Crippen LogP contribution in [0.25, 0.3) is 0 Å². The molecule has 0 spiro atoms. The fourth-order valence-corrected chi connectivity index (χ4v) is 0.257. The molecular formula is C7H9NO3. The summed E-state index contributed by atoms with van der Waals surface area (Å²) in [6.07, 6.45) is 4.77. The van der Waals surface area contributed by atoms with Crippen LogP contribution in [-0.4, -0.2) is 12.0 Å². The normalized spacial score (nSPS) is 7.36. The Hall–Kier alpha value is -1.67. The van der Waals surface area contributed by atoms with Gasteiger partial charge in [0.1, 0.15) is 0 Å². The molecule has 4 nitrogen and oxygen atoms in total. The van der Waals surface area contributed by atoms with Gasteiger partial charge in [-0.3, -0.25) is 0 Å². The summed E-state index contributed by atoms with van der Waals surface area (Å²) in [5.74, 6) is -0.387. The summed E-state index contributed by atoms with van der Waals surface area (Å²) < 4.78 is 4.32. The van der Waals surface area contributed by atoms with Gasteiger partial charge < -0.3 is 4.74 Å². The van der Waals surface area contributed by atoms with Crippen molar-refractivity contribution in [2.24, 2.45) is 0 Å². The number of carbonyl (C=O) groups excluding carboxylic acids is 2. The molecule has 0 aromatic heterocycles. The summed E-state index contributed by atoms with van der Waals surface area (Å²) in [5, 5.41) is 5.40. The Morgan fingerprint density at radius 2 is 2.18 bits per heavy atom. The minimum absolute atomic E-state index is 0.387. The Morgan fingerprint density at radius 3 is 2.45 bits per heavy atom. The Labute approximate surface area is 64.7 Å². The summed E-state index contributed by atoms with van der Waals surface area (Å²) >= 11 is 0. The van der Waals surface area contributed by atoms with Crippen molar-refractivity contribution in [1.29, 1.82) is 5.41 Å². The SMILES string of the molecule is C=COC(=O)C=CC.N=C=O. The lowest BCUT2D eigenvalue weighted by Gasteiger charge is -1.86. The zero-order chi connectivity index (χ0) is 9.11. The van der Waals surface area contributed by atoms with Gasteiger partial charge in [-0.1, -0.05) is 12.7 Å². The minimum atomic E-state index is -0.387. The van der Waals surface area contributed by atoms with Crippen LogP contribution in [0.2, 0.25) is 0 Å². The molecule has 0 radical (unpaired) electrons. The Balaban J connectivity index is 0. The molecule has 0 heterocycles. The summed E-state index contributed by atoms with van der Waals surface area (Å²) in [6, 6.07) is 0. The van der Waals surface area contributed by atoms with Crippen molar-refractivity contribution in [1.82, 2.24) is 0 Å². The molecule has 1 N–H and O–H groups in total. The van der Waals surface area contributed by atoms with E-state index >= 15 is 0 Å². The number of ether oxygens (including phenoxy) is 1. The number of isocyanates is 1. The van der Waals surface area contributed by atoms with Crippen LogP contribution in [0, 0.1) is 5.41 Å². The molecule has 0 aromatic rings. The average Bonchev–Trinajstić information content (AvgIpc) is 1.90. The standard InChI is InChI=1S/C6H8O2.CHNO/c1-3-5-6(7)8-4-2;2-1-3/h3-5H,2H2,1H3;2H. The third-order valence-electron chi connectivity index (χ3n) is 0.502. The molecule has 60 valence electrons. The van der Waals surface area contributed by atoms with E-state index in [1.54, 1.807) is 13.0 Å². The molecule has 0 saturated heterocycles. The van der Waals surface area contributed by atoms with Crippen molar-refractivity contribution < 1.29 is 14.3 Å². The number of esters is 1. The van der Waals surface area contributed by atoms with Gasteiger partial charge in [-0.05, 0) is 6.92 Å². The lowest BCUT2D eigenvalue weighted by atomic mass is 10.5. The number of hydrogen-bond acceptors (Lipinski definition) is 4. The van der Waals surface area contributed by atoms with E-state index in [2.05, 4.69) is 11.3 Å². The van der Waals surface area contributed by atoms with Crippen LogP contribution in [0.1, 0.15) is 6.92 Å². The first kappa shape index (κ1) is 12.0. The summed E-state index contributed by atoms with van der Waals surface area (Å²) in [5.41, 5.74) is 0. The molecule has 0 unspecified atom stereocenters. The lowest BCUT2D eigenvalue weighted by molar-refractivity contribution is -0.132. The van der Waals surface area contributed by atoms with E-state index in [0.717, 1.165) is 12.3 Å². The van der Waals surface area contributed by atoms with E-state index in [1.165, 1.54) is 6.08 Å². The van der Waals surface area contributed by atoms with E-state index in [9.17, 15) is 4.79 Å². The number of rotatable bonds is 2. The molecule has 0 rings (SSSR count). The molecular weight excluding hydrogens is 146 g/mol. The van der Waals surface area contributed by atoms with Gasteiger partial charge >= 0.3 is 5.97 Å². The number of allylic oxidation sites excluding steroid dienone is 1. The molecule has 0 aliphatic rings. The van der Waals surface area contributed by atoms with Crippen molar-refractivity contribution in [3.8, 4) is 0 Å². The maximum atomic E-state index is 10.3. The van der Waals surface area contributed by atoms with Crippen molar-refractivity contribution in [2.45, 2.75) is 6.92 Å². The van der Waals surface area contributed by atoms with Gasteiger partial charge in [-0.15, -0.1) is 0 Å². The fourth-order valence-electron chi connectivity index (χ4n) is 0.257. The van der Waals surface area contributed by atoms with Gasteiger partial charge in [0.2, 0.25) is 6.08 Å². The predicted molar refractivity (Wildman–Crippen MR) is 39.5 cm³/mol. The highest BCUT2D eigenvalue weighted by molar-refractivity contribution is 5.82. The highest BCUT2D eigenvalue weighted by Crippen LogP contribution is 1.78. The third kappa shape index (κ3) is 17.8. The first-order valence-corrected chi connectivity index (χ1v) is 2.71. The molecule has 0 aliphatic carbocycles. The highest BCUT2D eigenvalue weighted by Gasteiger charge is 1.86.